The standard InChI is InChI=1S/C15H14N4O3S/c1-2-22-14(21)10(8-16)11(17)12-13(20)19-15(23-12)18-9-6-4-3-5-7-9/h3-7,12H,2,17H2,1H3,(H,18,19,20)/b11-10+. The molecule has 1 amide bonds. The second-order valence-electron chi connectivity index (χ2n) is 4.40. The van der Waals surface area contributed by atoms with Crippen LogP contribution in [0.2, 0.25) is 0 Å². The molecule has 1 aliphatic heterocycles. The maximum Gasteiger partial charge on any atom is 0.350 e. The Balaban J connectivity index is 2.24. The predicted molar refractivity (Wildman–Crippen MR) is 86.5 cm³/mol. The molecule has 2 rings (SSSR count). The number of nitrogens with two attached hydrogens (primary N) is 1. The number of amidine groups is 1. The number of hydrogen-bond donors (Lipinski definition) is 2. The van der Waals surface area contributed by atoms with E-state index in [0.717, 1.165) is 11.8 Å². The molecule has 1 aromatic carbocycles. The van der Waals surface area contributed by atoms with Crippen molar-refractivity contribution < 1.29 is 14.3 Å². The Kier molecular flexibility index (Phi) is 5.38. The van der Waals surface area contributed by atoms with Gasteiger partial charge in [-0.05, 0) is 19.1 Å². The zero-order valence-corrected chi connectivity index (χ0v) is 13.1. The number of amides is 1. The van der Waals surface area contributed by atoms with Crippen molar-refractivity contribution in [2.24, 2.45) is 10.7 Å². The van der Waals surface area contributed by atoms with E-state index in [2.05, 4.69) is 10.3 Å². The van der Waals surface area contributed by atoms with Crippen molar-refractivity contribution in [2.75, 3.05) is 6.61 Å². The lowest BCUT2D eigenvalue weighted by atomic mass is 10.1. The molecule has 1 unspecified atom stereocenters. The number of carbonyl (C=O) groups excluding carboxylic acids is 2. The number of nitriles is 1. The third-order valence-corrected chi connectivity index (χ3v) is 3.97. The van der Waals surface area contributed by atoms with Gasteiger partial charge in [0.2, 0.25) is 5.91 Å². The number of esters is 1. The van der Waals surface area contributed by atoms with Crippen molar-refractivity contribution in [3.63, 3.8) is 0 Å². The molecule has 0 spiro atoms. The minimum atomic E-state index is -0.892. The smallest absolute Gasteiger partial charge is 0.350 e. The van der Waals surface area contributed by atoms with Gasteiger partial charge < -0.3 is 15.8 Å². The summed E-state index contributed by atoms with van der Waals surface area (Å²) in [6.45, 7) is 1.73. The maximum absolute atomic E-state index is 12.0. The predicted octanol–water partition coefficient (Wildman–Crippen LogP) is 1.21. The number of rotatable bonds is 4. The summed E-state index contributed by atoms with van der Waals surface area (Å²) in [6.07, 6.45) is 0. The van der Waals surface area contributed by atoms with E-state index in [1.165, 1.54) is 0 Å². The first kappa shape index (κ1) is 16.6. The number of nitrogens with zero attached hydrogens (tertiary/aromatic N) is 2. The van der Waals surface area contributed by atoms with Crippen LogP contribution in [0.4, 0.5) is 5.69 Å². The van der Waals surface area contributed by atoms with Crippen LogP contribution in [0.15, 0.2) is 46.6 Å². The summed E-state index contributed by atoms with van der Waals surface area (Å²) < 4.78 is 4.76. The SMILES string of the molecule is CCOC(=O)/C(C#N)=C(/N)C1SC(=Nc2ccccc2)NC1=O. The van der Waals surface area contributed by atoms with Crippen LogP contribution in [0.3, 0.4) is 0 Å². The van der Waals surface area contributed by atoms with Crippen molar-refractivity contribution in [2.45, 2.75) is 12.2 Å². The molecule has 23 heavy (non-hydrogen) atoms. The molecule has 3 N–H and O–H groups in total. The number of thioether (sulfide) groups is 1. The highest BCUT2D eigenvalue weighted by molar-refractivity contribution is 8.15. The van der Waals surface area contributed by atoms with Crippen molar-refractivity contribution in [3.8, 4) is 6.07 Å². The lowest BCUT2D eigenvalue weighted by Crippen LogP contribution is -2.30. The lowest BCUT2D eigenvalue weighted by molar-refractivity contribution is -0.138. The molecular formula is C15H14N4O3S. The average molecular weight is 330 g/mol. The Morgan fingerprint density at radius 3 is 2.78 bits per heavy atom. The molecule has 1 saturated heterocycles. The van der Waals surface area contributed by atoms with Crippen LogP contribution in [-0.2, 0) is 14.3 Å². The molecule has 0 radical (unpaired) electrons. The monoisotopic (exact) mass is 330 g/mol. The highest BCUT2D eigenvalue weighted by Gasteiger charge is 2.35. The molecular weight excluding hydrogens is 316 g/mol. The van der Waals surface area contributed by atoms with Gasteiger partial charge in [-0.1, -0.05) is 30.0 Å². The molecule has 8 heteroatoms. The molecule has 1 atom stereocenters. The van der Waals surface area contributed by atoms with Crippen LogP contribution in [-0.4, -0.2) is 28.9 Å². The van der Waals surface area contributed by atoms with Gasteiger partial charge in [0, 0.05) is 0 Å². The fourth-order valence-corrected chi connectivity index (χ4v) is 2.76. The topological polar surface area (TPSA) is 118 Å². The number of carbonyl (C=O) groups is 2. The Morgan fingerprint density at radius 2 is 2.17 bits per heavy atom. The number of aliphatic imine (C=N–C) groups is 1. The maximum atomic E-state index is 12.0. The highest BCUT2D eigenvalue weighted by Crippen LogP contribution is 2.27. The second kappa shape index (κ2) is 7.47. The summed E-state index contributed by atoms with van der Waals surface area (Å²) in [5.41, 5.74) is 6.01. The van der Waals surface area contributed by atoms with E-state index in [9.17, 15) is 9.59 Å². The van der Waals surface area contributed by atoms with Crippen LogP contribution < -0.4 is 11.1 Å². The van der Waals surface area contributed by atoms with E-state index in [1.807, 2.05) is 18.2 Å². The molecule has 1 fully saturated rings. The summed E-state index contributed by atoms with van der Waals surface area (Å²) in [7, 11) is 0. The van der Waals surface area contributed by atoms with Crippen molar-refractivity contribution in [3.05, 3.63) is 41.6 Å². The lowest BCUT2D eigenvalue weighted by Gasteiger charge is -2.08. The van der Waals surface area contributed by atoms with Crippen LogP contribution in [0.1, 0.15) is 6.92 Å². The minimum absolute atomic E-state index is 0.113. The zero-order chi connectivity index (χ0) is 16.8. The largest absolute Gasteiger partial charge is 0.462 e. The fraction of sp³-hybridized carbons (Fsp3) is 0.200. The molecule has 0 saturated carbocycles. The van der Waals surface area contributed by atoms with Crippen molar-refractivity contribution >= 4 is 34.5 Å². The summed E-state index contributed by atoms with van der Waals surface area (Å²) in [6, 6.07) is 10.8. The van der Waals surface area contributed by atoms with Crippen molar-refractivity contribution in [1.29, 1.82) is 5.26 Å². The van der Waals surface area contributed by atoms with E-state index in [1.54, 1.807) is 25.1 Å². The van der Waals surface area contributed by atoms with Crippen LogP contribution in [0.25, 0.3) is 0 Å². The summed E-state index contributed by atoms with van der Waals surface area (Å²) >= 11 is 1.05. The van der Waals surface area contributed by atoms with E-state index in [4.69, 9.17) is 15.7 Å². The molecule has 1 aromatic rings. The number of nitrogens with one attached hydrogen (secondary N) is 1. The first-order valence-corrected chi connectivity index (χ1v) is 7.63. The van der Waals surface area contributed by atoms with E-state index >= 15 is 0 Å². The third kappa shape index (κ3) is 3.90. The molecule has 7 nitrogen and oxygen atoms in total. The number of para-hydroxylation sites is 1. The normalized spacial score (nSPS) is 19.7. The van der Waals surface area contributed by atoms with Gasteiger partial charge in [0.1, 0.15) is 11.3 Å². The first-order chi connectivity index (χ1) is 11.1. The van der Waals surface area contributed by atoms with Gasteiger partial charge in [-0.15, -0.1) is 0 Å². The summed E-state index contributed by atoms with van der Waals surface area (Å²) in [4.78, 5) is 28.0. The first-order valence-electron chi connectivity index (χ1n) is 6.75. The Labute approximate surface area is 137 Å². The van der Waals surface area contributed by atoms with Crippen molar-refractivity contribution in [1.82, 2.24) is 5.32 Å². The second-order valence-corrected chi connectivity index (χ2v) is 5.50. The minimum Gasteiger partial charge on any atom is -0.462 e. The average Bonchev–Trinajstić information content (AvgIpc) is 2.89. The number of ether oxygens (including phenoxy) is 1. The number of hydrogen-bond acceptors (Lipinski definition) is 7. The molecule has 1 heterocycles. The van der Waals surface area contributed by atoms with Gasteiger partial charge in [0.05, 0.1) is 18.0 Å². The van der Waals surface area contributed by atoms with E-state index < -0.39 is 17.1 Å². The van der Waals surface area contributed by atoms with Gasteiger partial charge in [-0.2, -0.15) is 5.26 Å². The van der Waals surface area contributed by atoms with E-state index in [0.29, 0.717) is 10.9 Å². The van der Waals surface area contributed by atoms with E-state index in [-0.39, 0.29) is 17.9 Å². The molecule has 118 valence electrons. The van der Waals surface area contributed by atoms with Gasteiger partial charge >= 0.3 is 5.97 Å². The van der Waals surface area contributed by atoms with Gasteiger partial charge in [0.15, 0.2) is 10.7 Å². The molecule has 0 aromatic heterocycles. The van der Waals surface area contributed by atoms with Gasteiger partial charge in [-0.3, -0.25) is 4.79 Å². The van der Waals surface area contributed by atoms with Crippen LogP contribution in [0.5, 0.6) is 0 Å². The Bertz CT molecular complexity index is 722. The number of benzene rings is 1. The quantitative estimate of drug-likeness (QED) is 0.487. The molecule has 1 aliphatic rings. The van der Waals surface area contributed by atoms with Gasteiger partial charge in [0.25, 0.3) is 0 Å². The molecule has 0 bridgehead atoms. The van der Waals surface area contributed by atoms with Gasteiger partial charge in [-0.25, -0.2) is 9.79 Å². The van der Waals surface area contributed by atoms with Crippen LogP contribution in [0, 0.1) is 11.3 Å². The summed E-state index contributed by atoms with van der Waals surface area (Å²) in [5.74, 6) is -1.27. The fourth-order valence-electron chi connectivity index (χ4n) is 1.81. The summed E-state index contributed by atoms with van der Waals surface area (Å²) in [5, 5.41) is 11.1. The third-order valence-electron chi connectivity index (χ3n) is 2.85. The Hall–Kier alpha value is -2.79. The highest BCUT2D eigenvalue weighted by atomic mass is 32.2. The Morgan fingerprint density at radius 1 is 1.48 bits per heavy atom. The zero-order valence-electron chi connectivity index (χ0n) is 12.3. The molecule has 0 aliphatic carbocycles. The van der Waals surface area contributed by atoms with Crippen LogP contribution >= 0.6 is 11.8 Å².